The average molecular weight is 257 g/mol. The predicted octanol–water partition coefficient (Wildman–Crippen LogP) is 2.57. The number of carbonyl (C=O) groups is 2. The number of amides is 1. The van der Waals surface area contributed by atoms with Crippen LogP contribution in [0.3, 0.4) is 0 Å². The molecule has 1 heterocycles. The third-order valence-corrected chi connectivity index (χ3v) is 2.40. The number of aliphatic carboxylic acids is 1. The smallest absolute Gasteiger partial charge is 0.415 e. The third kappa shape index (κ3) is 4.44. The molecule has 0 radical (unpaired) electrons. The van der Waals surface area contributed by atoms with E-state index in [1.165, 1.54) is 11.3 Å². The van der Waals surface area contributed by atoms with E-state index in [1.807, 2.05) is 0 Å². The topological polar surface area (TPSA) is 66.8 Å². The molecule has 1 amide bonds. The Kier molecular flexibility index (Phi) is 4.11. The number of nitrogens with zero attached hydrogens (tertiary/aromatic N) is 1. The molecule has 0 unspecified atom stereocenters. The molecule has 0 aromatic carbocycles. The van der Waals surface area contributed by atoms with Crippen molar-refractivity contribution in [1.82, 2.24) is 0 Å². The highest BCUT2D eigenvalue weighted by molar-refractivity contribution is 7.08. The molecule has 0 saturated heterocycles. The molecular formula is C11H15NO4S. The van der Waals surface area contributed by atoms with E-state index in [0.29, 0.717) is 5.69 Å². The summed E-state index contributed by atoms with van der Waals surface area (Å²) in [5.74, 6) is -1.08. The van der Waals surface area contributed by atoms with Gasteiger partial charge in [-0.25, -0.2) is 4.79 Å². The second-order valence-electron chi connectivity index (χ2n) is 4.44. The zero-order chi connectivity index (χ0) is 13.1. The van der Waals surface area contributed by atoms with Crippen molar-refractivity contribution in [3.8, 4) is 0 Å². The van der Waals surface area contributed by atoms with Gasteiger partial charge in [0.05, 0.1) is 5.69 Å². The zero-order valence-corrected chi connectivity index (χ0v) is 10.8. The van der Waals surface area contributed by atoms with E-state index in [2.05, 4.69) is 0 Å². The number of carboxylic acids is 1. The Morgan fingerprint density at radius 2 is 2.12 bits per heavy atom. The van der Waals surface area contributed by atoms with Gasteiger partial charge in [0, 0.05) is 5.38 Å². The van der Waals surface area contributed by atoms with Crippen LogP contribution in [0.1, 0.15) is 20.8 Å². The van der Waals surface area contributed by atoms with E-state index in [4.69, 9.17) is 9.84 Å². The largest absolute Gasteiger partial charge is 0.480 e. The quantitative estimate of drug-likeness (QED) is 0.903. The maximum absolute atomic E-state index is 11.8. The lowest BCUT2D eigenvalue weighted by molar-refractivity contribution is -0.135. The summed E-state index contributed by atoms with van der Waals surface area (Å²) >= 11 is 1.39. The summed E-state index contributed by atoms with van der Waals surface area (Å²) in [5.41, 5.74) is -0.115. The van der Waals surface area contributed by atoms with Crippen LogP contribution in [0.5, 0.6) is 0 Å². The normalized spacial score (nSPS) is 11.0. The van der Waals surface area contributed by atoms with Crippen LogP contribution in [0, 0.1) is 0 Å². The molecule has 94 valence electrons. The number of hydrogen-bond acceptors (Lipinski definition) is 4. The number of carboxylic acid groups (broad SMARTS) is 1. The molecule has 0 spiro atoms. The molecular weight excluding hydrogens is 242 g/mol. The number of ether oxygens (including phenoxy) is 1. The first-order chi connectivity index (χ1) is 7.79. The van der Waals surface area contributed by atoms with Crippen molar-refractivity contribution in [3.05, 3.63) is 16.8 Å². The Morgan fingerprint density at radius 1 is 1.47 bits per heavy atom. The lowest BCUT2D eigenvalue weighted by Gasteiger charge is -2.25. The fraction of sp³-hybridized carbons (Fsp3) is 0.455. The summed E-state index contributed by atoms with van der Waals surface area (Å²) in [5, 5.41) is 12.3. The van der Waals surface area contributed by atoms with E-state index in [0.717, 1.165) is 4.90 Å². The Hall–Kier alpha value is -1.56. The van der Waals surface area contributed by atoms with Gasteiger partial charge >= 0.3 is 12.1 Å². The SMILES string of the molecule is CC(C)(C)OC(=O)N(CC(=O)O)c1ccsc1. The van der Waals surface area contributed by atoms with Gasteiger partial charge in [-0.05, 0) is 32.2 Å². The highest BCUT2D eigenvalue weighted by atomic mass is 32.1. The van der Waals surface area contributed by atoms with Gasteiger partial charge < -0.3 is 9.84 Å². The minimum Gasteiger partial charge on any atom is -0.480 e. The standard InChI is InChI=1S/C11H15NO4S/c1-11(2,3)16-10(15)12(6-9(13)14)8-4-5-17-7-8/h4-5,7H,6H2,1-3H3,(H,13,14). The van der Waals surface area contributed by atoms with Gasteiger partial charge in [-0.2, -0.15) is 11.3 Å². The van der Waals surface area contributed by atoms with Crippen LogP contribution >= 0.6 is 11.3 Å². The van der Waals surface area contributed by atoms with Gasteiger partial charge in [0.2, 0.25) is 0 Å². The highest BCUT2D eigenvalue weighted by Crippen LogP contribution is 2.20. The molecule has 1 N–H and O–H groups in total. The first kappa shape index (κ1) is 13.5. The summed E-state index contributed by atoms with van der Waals surface area (Å²) in [6.07, 6.45) is -0.654. The molecule has 0 aliphatic carbocycles. The molecule has 0 aliphatic heterocycles. The molecule has 1 aromatic heterocycles. The monoisotopic (exact) mass is 257 g/mol. The second-order valence-corrected chi connectivity index (χ2v) is 5.22. The first-order valence-corrected chi connectivity index (χ1v) is 5.98. The number of carbonyl (C=O) groups excluding carboxylic acids is 1. The van der Waals surface area contributed by atoms with Crippen molar-refractivity contribution in [2.75, 3.05) is 11.4 Å². The van der Waals surface area contributed by atoms with Gasteiger partial charge in [-0.1, -0.05) is 0 Å². The second kappa shape index (κ2) is 5.18. The molecule has 17 heavy (non-hydrogen) atoms. The minimum absolute atomic E-state index is 0.411. The van der Waals surface area contributed by atoms with Crippen LogP contribution in [0.15, 0.2) is 16.8 Å². The molecule has 0 atom stereocenters. The van der Waals surface area contributed by atoms with Crippen LogP contribution in [0.25, 0.3) is 0 Å². The van der Waals surface area contributed by atoms with Gasteiger partial charge in [-0.3, -0.25) is 9.69 Å². The number of thiophene rings is 1. The Bertz CT molecular complexity index is 394. The van der Waals surface area contributed by atoms with E-state index < -0.39 is 24.2 Å². The van der Waals surface area contributed by atoms with Crippen LogP contribution in [0.2, 0.25) is 0 Å². The average Bonchev–Trinajstić information content (AvgIpc) is 2.63. The fourth-order valence-electron chi connectivity index (χ4n) is 1.12. The van der Waals surface area contributed by atoms with E-state index in [9.17, 15) is 9.59 Å². The molecule has 0 fully saturated rings. The number of rotatable bonds is 3. The number of hydrogen-bond donors (Lipinski definition) is 1. The van der Waals surface area contributed by atoms with E-state index in [-0.39, 0.29) is 0 Å². The number of anilines is 1. The predicted molar refractivity (Wildman–Crippen MR) is 65.5 cm³/mol. The Morgan fingerprint density at radius 3 is 2.53 bits per heavy atom. The van der Waals surface area contributed by atoms with Crippen molar-refractivity contribution >= 4 is 29.1 Å². The molecule has 5 nitrogen and oxygen atoms in total. The zero-order valence-electron chi connectivity index (χ0n) is 9.97. The molecule has 1 rings (SSSR count). The van der Waals surface area contributed by atoms with Crippen molar-refractivity contribution in [2.24, 2.45) is 0 Å². The Balaban J connectivity index is 2.84. The Labute approximate surface area is 104 Å². The molecule has 6 heteroatoms. The molecule has 1 aromatic rings. The maximum atomic E-state index is 11.8. The lowest BCUT2D eigenvalue weighted by Crippen LogP contribution is -2.39. The van der Waals surface area contributed by atoms with Crippen molar-refractivity contribution in [2.45, 2.75) is 26.4 Å². The van der Waals surface area contributed by atoms with Gasteiger partial charge in [0.25, 0.3) is 0 Å². The molecule has 0 saturated carbocycles. The van der Waals surface area contributed by atoms with Crippen molar-refractivity contribution < 1.29 is 19.4 Å². The summed E-state index contributed by atoms with van der Waals surface area (Å²) < 4.78 is 5.15. The van der Waals surface area contributed by atoms with E-state index >= 15 is 0 Å². The van der Waals surface area contributed by atoms with Crippen LogP contribution in [-0.4, -0.2) is 29.3 Å². The summed E-state index contributed by atoms with van der Waals surface area (Å²) in [7, 11) is 0. The van der Waals surface area contributed by atoms with Gasteiger partial charge in [0.1, 0.15) is 12.1 Å². The van der Waals surface area contributed by atoms with Gasteiger partial charge in [0.15, 0.2) is 0 Å². The molecule has 0 aliphatic rings. The van der Waals surface area contributed by atoms with Crippen LogP contribution in [-0.2, 0) is 9.53 Å². The van der Waals surface area contributed by atoms with Crippen molar-refractivity contribution in [3.63, 3.8) is 0 Å². The van der Waals surface area contributed by atoms with Crippen LogP contribution < -0.4 is 4.90 Å². The lowest BCUT2D eigenvalue weighted by atomic mass is 10.2. The first-order valence-electron chi connectivity index (χ1n) is 5.04. The van der Waals surface area contributed by atoms with Crippen LogP contribution in [0.4, 0.5) is 10.5 Å². The maximum Gasteiger partial charge on any atom is 0.415 e. The summed E-state index contributed by atoms with van der Waals surface area (Å²) in [6, 6.07) is 1.68. The van der Waals surface area contributed by atoms with E-state index in [1.54, 1.807) is 37.6 Å². The minimum atomic E-state index is -1.08. The fourth-order valence-corrected chi connectivity index (χ4v) is 1.77. The highest BCUT2D eigenvalue weighted by Gasteiger charge is 2.25. The third-order valence-electron chi connectivity index (χ3n) is 1.73. The van der Waals surface area contributed by atoms with Gasteiger partial charge in [-0.15, -0.1) is 0 Å². The summed E-state index contributed by atoms with van der Waals surface area (Å²) in [4.78, 5) is 23.7. The molecule has 0 bridgehead atoms. The van der Waals surface area contributed by atoms with Crippen molar-refractivity contribution in [1.29, 1.82) is 0 Å². The summed E-state index contributed by atoms with van der Waals surface area (Å²) in [6.45, 7) is 4.79.